The molecule has 0 N–H and O–H groups in total. The molecule has 2 heterocycles. The predicted octanol–water partition coefficient (Wildman–Crippen LogP) is 6.75. The van der Waals surface area contributed by atoms with E-state index < -0.39 is 7.92 Å². The van der Waals surface area contributed by atoms with Gasteiger partial charge in [-0.15, -0.1) is 0 Å². The van der Waals surface area contributed by atoms with Gasteiger partial charge in [0.05, 0.1) is 5.70 Å². The fourth-order valence-electron chi connectivity index (χ4n) is 4.30. The third kappa shape index (κ3) is 4.41. The van der Waals surface area contributed by atoms with Crippen LogP contribution in [-0.2, 0) is 0 Å². The van der Waals surface area contributed by atoms with Crippen LogP contribution < -0.4 is 15.9 Å². The van der Waals surface area contributed by atoms with E-state index in [1.165, 1.54) is 21.5 Å². The SMILES string of the molecule is C=C1N=C2C=CC(c3ccc(P(c4ccccc4)c4ccccc4)cc3)=CN2Sc2ccccc21. The Balaban J connectivity index is 1.33. The normalized spacial score (nSPS) is 14.7. The number of benzene rings is 4. The van der Waals surface area contributed by atoms with Crippen LogP contribution in [0, 0.1) is 0 Å². The molecule has 0 atom stereocenters. The molecule has 4 aromatic rings. The minimum Gasteiger partial charge on any atom is -0.271 e. The zero-order valence-corrected chi connectivity index (χ0v) is 20.8. The van der Waals surface area contributed by atoms with Crippen LogP contribution in [0.3, 0.4) is 0 Å². The van der Waals surface area contributed by atoms with Gasteiger partial charge in [0.1, 0.15) is 5.84 Å². The molecule has 0 unspecified atom stereocenters. The van der Waals surface area contributed by atoms with Crippen molar-refractivity contribution in [3.8, 4) is 0 Å². The lowest BCUT2D eigenvalue weighted by molar-refractivity contribution is 0.932. The first-order valence-corrected chi connectivity index (χ1v) is 13.6. The van der Waals surface area contributed by atoms with Gasteiger partial charge in [0.15, 0.2) is 0 Å². The zero-order valence-electron chi connectivity index (χ0n) is 19.1. The van der Waals surface area contributed by atoms with E-state index in [4.69, 9.17) is 4.99 Å². The highest BCUT2D eigenvalue weighted by Gasteiger charge is 2.21. The first kappa shape index (κ1) is 21.9. The summed E-state index contributed by atoms with van der Waals surface area (Å²) in [7, 11) is -0.607. The summed E-state index contributed by atoms with van der Waals surface area (Å²) in [5, 5.41) is 4.07. The summed E-state index contributed by atoms with van der Waals surface area (Å²) in [6.45, 7) is 4.18. The number of allylic oxidation sites excluding steroid dienone is 2. The molecule has 0 aliphatic carbocycles. The standard InChI is InChI=1S/C31H23N2PS/c1-23-29-14-8-9-15-30(29)35-33-22-25(18-21-31(33)32-23)24-16-19-28(20-17-24)34(26-10-4-2-5-11-26)27-12-6-3-7-13-27/h2-22H,1H2. The van der Waals surface area contributed by atoms with Gasteiger partial charge in [-0.05, 0) is 65.1 Å². The number of nitrogens with zero attached hydrogens (tertiary/aromatic N) is 2. The van der Waals surface area contributed by atoms with E-state index in [-0.39, 0.29) is 0 Å². The molecule has 0 spiro atoms. The number of aliphatic imine (C=N–C) groups is 1. The van der Waals surface area contributed by atoms with E-state index in [1.807, 2.05) is 6.07 Å². The van der Waals surface area contributed by atoms with Crippen molar-refractivity contribution in [3.05, 3.63) is 145 Å². The van der Waals surface area contributed by atoms with E-state index in [2.05, 4.69) is 132 Å². The molecule has 0 radical (unpaired) electrons. The van der Waals surface area contributed by atoms with Gasteiger partial charge >= 0.3 is 0 Å². The quantitative estimate of drug-likeness (QED) is 0.234. The molecule has 0 saturated heterocycles. The summed E-state index contributed by atoms with van der Waals surface area (Å²) in [5.41, 5.74) is 4.24. The Morgan fingerprint density at radius 3 is 1.94 bits per heavy atom. The van der Waals surface area contributed by atoms with Gasteiger partial charge in [-0.1, -0.05) is 110 Å². The van der Waals surface area contributed by atoms with Crippen molar-refractivity contribution in [1.29, 1.82) is 0 Å². The van der Waals surface area contributed by atoms with E-state index in [0.717, 1.165) is 27.6 Å². The Morgan fingerprint density at radius 2 is 1.26 bits per heavy atom. The molecule has 0 bridgehead atoms. The van der Waals surface area contributed by atoms with Crippen LogP contribution >= 0.6 is 19.9 Å². The fraction of sp³-hybridized carbons (Fsp3) is 0. The zero-order chi connectivity index (χ0) is 23.6. The minimum atomic E-state index is -0.607. The lowest BCUT2D eigenvalue weighted by Crippen LogP contribution is -2.20. The molecule has 2 aliphatic rings. The van der Waals surface area contributed by atoms with Gasteiger partial charge in [-0.3, -0.25) is 4.31 Å². The summed E-state index contributed by atoms with van der Waals surface area (Å²) < 4.78 is 2.14. The lowest BCUT2D eigenvalue weighted by Gasteiger charge is -2.23. The second-order valence-corrected chi connectivity index (χ2v) is 11.5. The van der Waals surface area contributed by atoms with E-state index in [9.17, 15) is 0 Å². The van der Waals surface area contributed by atoms with Crippen LogP contribution in [-0.4, -0.2) is 10.1 Å². The second-order valence-electron chi connectivity index (χ2n) is 8.30. The molecular weight excluding hydrogens is 463 g/mol. The number of rotatable bonds is 4. The molecule has 4 aromatic carbocycles. The van der Waals surface area contributed by atoms with Gasteiger partial charge in [-0.25, -0.2) is 4.99 Å². The molecule has 6 rings (SSSR count). The third-order valence-electron chi connectivity index (χ3n) is 6.03. The average molecular weight is 487 g/mol. The summed E-state index contributed by atoms with van der Waals surface area (Å²) in [4.78, 5) is 5.93. The Kier molecular flexibility index (Phi) is 5.96. The maximum Gasteiger partial charge on any atom is 0.143 e. The van der Waals surface area contributed by atoms with Crippen molar-refractivity contribution < 1.29 is 0 Å². The van der Waals surface area contributed by atoms with Crippen molar-refractivity contribution in [3.63, 3.8) is 0 Å². The van der Waals surface area contributed by atoms with Crippen LogP contribution in [0.5, 0.6) is 0 Å². The highest BCUT2D eigenvalue weighted by atomic mass is 32.2. The Labute approximate surface area is 211 Å². The monoisotopic (exact) mass is 486 g/mol. The van der Waals surface area contributed by atoms with Crippen LogP contribution in [0.25, 0.3) is 11.3 Å². The smallest absolute Gasteiger partial charge is 0.143 e. The average Bonchev–Trinajstić information content (AvgIpc) is 3.06. The molecule has 168 valence electrons. The second kappa shape index (κ2) is 9.54. The molecule has 0 amide bonds. The first-order chi connectivity index (χ1) is 17.3. The van der Waals surface area contributed by atoms with Crippen LogP contribution in [0.2, 0.25) is 0 Å². The topological polar surface area (TPSA) is 15.6 Å². The Hall–Kier alpha value is -3.65. The first-order valence-electron chi connectivity index (χ1n) is 11.5. The van der Waals surface area contributed by atoms with Gasteiger partial charge in [-0.2, -0.15) is 0 Å². The van der Waals surface area contributed by atoms with Gasteiger partial charge in [0, 0.05) is 16.7 Å². The highest BCUT2D eigenvalue weighted by molar-refractivity contribution is 7.97. The molecule has 2 nitrogen and oxygen atoms in total. The molecule has 0 fully saturated rings. The minimum absolute atomic E-state index is 0.607. The molecule has 0 saturated carbocycles. The number of hydrogen-bond donors (Lipinski definition) is 0. The summed E-state index contributed by atoms with van der Waals surface area (Å²) in [6.07, 6.45) is 6.39. The third-order valence-corrected chi connectivity index (χ3v) is 9.51. The van der Waals surface area contributed by atoms with Crippen molar-refractivity contribution in [2.45, 2.75) is 4.90 Å². The van der Waals surface area contributed by atoms with Crippen molar-refractivity contribution in [2.75, 3.05) is 0 Å². The van der Waals surface area contributed by atoms with E-state index in [1.54, 1.807) is 11.9 Å². The van der Waals surface area contributed by atoms with Gasteiger partial charge in [0.25, 0.3) is 0 Å². The van der Waals surface area contributed by atoms with Gasteiger partial charge < -0.3 is 0 Å². The van der Waals surface area contributed by atoms with E-state index >= 15 is 0 Å². The maximum atomic E-state index is 4.77. The van der Waals surface area contributed by atoms with Gasteiger partial charge in [0.2, 0.25) is 0 Å². The van der Waals surface area contributed by atoms with Crippen molar-refractivity contribution in [1.82, 2.24) is 4.31 Å². The molecule has 2 aliphatic heterocycles. The van der Waals surface area contributed by atoms with Crippen molar-refractivity contribution >= 4 is 52.9 Å². The molecule has 4 heteroatoms. The van der Waals surface area contributed by atoms with Crippen LogP contribution in [0.15, 0.2) is 144 Å². The largest absolute Gasteiger partial charge is 0.271 e. The molecular formula is C31H23N2PS. The fourth-order valence-corrected chi connectivity index (χ4v) is 7.58. The van der Waals surface area contributed by atoms with Crippen LogP contribution in [0.4, 0.5) is 0 Å². The Morgan fingerprint density at radius 1 is 0.657 bits per heavy atom. The molecule has 35 heavy (non-hydrogen) atoms. The number of amidine groups is 1. The van der Waals surface area contributed by atoms with Crippen LogP contribution in [0.1, 0.15) is 11.1 Å². The number of fused-ring (bicyclic) bond motifs is 2. The lowest BCUT2D eigenvalue weighted by atomic mass is 10.1. The predicted molar refractivity (Wildman–Crippen MR) is 153 cm³/mol. The molecule has 0 aromatic heterocycles. The summed E-state index contributed by atoms with van der Waals surface area (Å²) >= 11 is 1.68. The Bertz CT molecular complexity index is 1430. The van der Waals surface area contributed by atoms with E-state index in [0.29, 0.717) is 0 Å². The van der Waals surface area contributed by atoms with Crippen molar-refractivity contribution in [2.24, 2.45) is 4.99 Å². The summed E-state index contributed by atoms with van der Waals surface area (Å²) in [6, 6.07) is 39.0. The number of hydrogen-bond acceptors (Lipinski definition) is 3. The highest BCUT2D eigenvalue weighted by Crippen LogP contribution is 2.38. The maximum absolute atomic E-state index is 4.77. The summed E-state index contributed by atoms with van der Waals surface area (Å²) in [5.74, 6) is 0.897.